The predicted octanol–water partition coefficient (Wildman–Crippen LogP) is 1.14. The Kier molecular flexibility index (Phi) is 5.58. The fraction of sp³-hybridized carbons (Fsp3) is 0.571. The van der Waals surface area contributed by atoms with Crippen LogP contribution in [-0.4, -0.2) is 61.6 Å². The lowest BCUT2D eigenvalue weighted by molar-refractivity contribution is -0.128. The number of amides is 3. The van der Waals surface area contributed by atoms with Crippen LogP contribution in [0.5, 0.6) is 0 Å². The summed E-state index contributed by atoms with van der Waals surface area (Å²) < 4.78 is 5.06. The summed E-state index contributed by atoms with van der Waals surface area (Å²) >= 11 is 1.60. The molecule has 1 atom stereocenters. The minimum Gasteiger partial charge on any atom is -0.383 e. The van der Waals surface area contributed by atoms with Crippen molar-refractivity contribution in [3.8, 4) is 0 Å². The largest absolute Gasteiger partial charge is 0.383 e. The van der Waals surface area contributed by atoms with Gasteiger partial charge in [-0.2, -0.15) is 11.3 Å². The highest BCUT2D eigenvalue weighted by molar-refractivity contribution is 7.07. The molecule has 1 aliphatic rings. The van der Waals surface area contributed by atoms with Gasteiger partial charge in [0.05, 0.1) is 6.61 Å². The molecule has 0 aliphatic carbocycles. The van der Waals surface area contributed by atoms with Crippen LogP contribution in [0.2, 0.25) is 0 Å². The van der Waals surface area contributed by atoms with E-state index in [2.05, 4.69) is 5.32 Å². The molecule has 1 fully saturated rings. The van der Waals surface area contributed by atoms with Gasteiger partial charge in [0.2, 0.25) is 5.91 Å². The highest BCUT2D eigenvalue weighted by Gasteiger charge is 2.31. The second kappa shape index (κ2) is 7.42. The number of nitrogens with one attached hydrogen (secondary N) is 1. The van der Waals surface area contributed by atoms with Crippen molar-refractivity contribution in [1.29, 1.82) is 0 Å². The first-order valence-electron chi connectivity index (χ1n) is 6.92. The quantitative estimate of drug-likeness (QED) is 0.857. The summed E-state index contributed by atoms with van der Waals surface area (Å²) in [6.07, 6.45) is 0.664. The van der Waals surface area contributed by atoms with Gasteiger partial charge >= 0.3 is 6.03 Å². The maximum Gasteiger partial charge on any atom is 0.318 e. The number of hydrogen-bond donors (Lipinski definition) is 1. The van der Waals surface area contributed by atoms with Crippen molar-refractivity contribution in [1.82, 2.24) is 15.1 Å². The van der Waals surface area contributed by atoms with Crippen molar-refractivity contribution in [3.05, 3.63) is 22.4 Å². The van der Waals surface area contributed by atoms with E-state index in [1.54, 1.807) is 35.3 Å². The monoisotopic (exact) mass is 311 g/mol. The number of hydrogen-bond acceptors (Lipinski definition) is 4. The third-order valence-corrected chi connectivity index (χ3v) is 4.26. The molecule has 2 rings (SSSR count). The van der Waals surface area contributed by atoms with Crippen molar-refractivity contribution in [3.63, 3.8) is 0 Å². The average Bonchev–Trinajstić information content (AvgIpc) is 3.08. The van der Waals surface area contributed by atoms with Crippen LogP contribution in [0, 0.1) is 0 Å². The first-order valence-corrected chi connectivity index (χ1v) is 7.86. The fourth-order valence-corrected chi connectivity index (χ4v) is 2.91. The van der Waals surface area contributed by atoms with Gasteiger partial charge < -0.3 is 19.9 Å². The van der Waals surface area contributed by atoms with Gasteiger partial charge in [-0.15, -0.1) is 0 Å². The number of likely N-dealkylation sites (N-methyl/N-ethyl adjacent to an activating group) is 1. The van der Waals surface area contributed by atoms with E-state index in [0.717, 1.165) is 5.56 Å². The summed E-state index contributed by atoms with van der Waals surface area (Å²) in [4.78, 5) is 27.6. The zero-order valence-corrected chi connectivity index (χ0v) is 13.2. The van der Waals surface area contributed by atoms with Gasteiger partial charge in [-0.05, 0) is 28.8 Å². The highest BCUT2D eigenvalue weighted by Crippen LogP contribution is 2.12. The zero-order chi connectivity index (χ0) is 15.2. The molecule has 116 valence electrons. The average molecular weight is 311 g/mol. The molecule has 7 heteroatoms. The molecule has 0 bridgehead atoms. The number of ether oxygens (including phenoxy) is 1. The number of carbonyl (C=O) groups excluding carboxylic acids is 2. The summed E-state index contributed by atoms with van der Waals surface area (Å²) in [5.74, 6) is -0.0226. The normalized spacial score (nSPS) is 18.1. The van der Waals surface area contributed by atoms with Gasteiger partial charge in [-0.3, -0.25) is 4.79 Å². The maximum absolute atomic E-state index is 12.4. The van der Waals surface area contributed by atoms with Crippen LogP contribution in [0.1, 0.15) is 12.0 Å². The van der Waals surface area contributed by atoms with Crippen LogP contribution >= 0.6 is 11.3 Å². The predicted molar refractivity (Wildman–Crippen MR) is 81.2 cm³/mol. The fourth-order valence-electron chi connectivity index (χ4n) is 2.25. The molecule has 21 heavy (non-hydrogen) atoms. The Hall–Kier alpha value is -1.60. The van der Waals surface area contributed by atoms with E-state index in [9.17, 15) is 9.59 Å². The van der Waals surface area contributed by atoms with Gasteiger partial charge in [0, 0.05) is 33.8 Å². The summed E-state index contributed by atoms with van der Waals surface area (Å²) in [5, 5.41) is 6.82. The van der Waals surface area contributed by atoms with E-state index in [4.69, 9.17) is 4.74 Å². The smallest absolute Gasteiger partial charge is 0.318 e. The first-order chi connectivity index (χ1) is 10.1. The van der Waals surface area contributed by atoms with Crippen molar-refractivity contribution in [2.75, 3.05) is 33.9 Å². The molecule has 1 aliphatic heterocycles. The van der Waals surface area contributed by atoms with E-state index in [-0.39, 0.29) is 11.9 Å². The lowest BCUT2D eigenvalue weighted by Crippen LogP contribution is -2.48. The van der Waals surface area contributed by atoms with Gasteiger partial charge in [0.1, 0.15) is 6.04 Å². The van der Waals surface area contributed by atoms with Crippen LogP contribution in [0.25, 0.3) is 0 Å². The van der Waals surface area contributed by atoms with E-state index < -0.39 is 6.04 Å². The molecule has 0 aromatic carbocycles. The van der Waals surface area contributed by atoms with Crippen LogP contribution in [-0.2, 0) is 16.1 Å². The number of methoxy groups -OCH3 is 1. The lowest BCUT2D eigenvalue weighted by Gasteiger charge is -2.24. The van der Waals surface area contributed by atoms with Crippen LogP contribution in [0.3, 0.4) is 0 Å². The molecule has 0 radical (unpaired) electrons. The van der Waals surface area contributed by atoms with Gasteiger partial charge in [0.25, 0.3) is 0 Å². The van der Waals surface area contributed by atoms with Gasteiger partial charge in [-0.25, -0.2) is 4.79 Å². The molecule has 1 saturated heterocycles. The van der Waals surface area contributed by atoms with E-state index in [1.165, 1.54) is 0 Å². The molecule has 1 aromatic heterocycles. The second-order valence-corrected chi connectivity index (χ2v) is 5.88. The number of nitrogens with zero attached hydrogens (tertiary/aromatic N) is 2. The summed E-state index contributed by atoms with van der Waals surface area (Å²) in [5.41, 5.74) is 1.08. The third-order valence-electron chi connectivity index (χ3n) is 3.53. The Labute approximate surface area is 128 Å². The van der Waals surface area contributed by atoms with Gasteiger partial charge in [-0.1, -0.05) is 0 Å². The van der Waals surface area contributed by atoms with Crippen molar-refractivity contribution < 1.29 is 14.3 Å². The summed E-state index contributed by atoms with van der Waals surface area (Å²) in [7, 11) is 3.36. The molecule has 2 heterocycles. The number of thiophene rings is 1. The van der Waals surface area contributed by atoms with E-state index in [1.807, 2.05) is 16.8 Å². The SMILES string of the molecule is COCCN(Cc1ccsc1)C(=O)NC1CCN(C)C1=O. The van der Waals surface area contributed by atoms with Crippen LogP contribution < -0.4 is 5.32 Å². The Morgan fingerprint density at radius 1 is 1.62 bits per heavy atom. The zero-order valence-electron chi connectivity index (χ0n) is 12.4. The third kappa shape index (κ3) is 4.18. The van der Waals surface area contributed by atoms with E-state index >= 15 is 0 Å². The number of urea groups is 1. The minimum absolute atomic E-state index is 0.0226. The summed E-state index contributed by atoms with van der Waals surface area (Å²) in [6.45, 7) is 2.17. The Morgan fingerprint density at radius 3 is 3.00 bits per heavy atom. The molecule has 3 amide bonds. The second-order valence-electron chi connectivity index (χ2n) is 5.10. The maximum atomic E-state index is 12.4. The molecule has 6 nitrogen and oxygen atoms in total. The standard InChI is InChI=1S/C14H21N3O3S/c1-16-5-3-12(13(16)18)15-14(19)17(6-7-20-2)9-11-4-8-21-10-11/h4,8,10,12H,3,5-7,9H2,1-2H3,(H,15,19). The summed E-state index contributed by atoms with van der Waals surface area (Å²) in [6, 6.07) is 1.37. The number of rotatable bonds is 6. The van der Waals surface area contributed by atoms with Crippen molar-refractivity contribution in [2.45, 2.75) is 19.0 Å². The van der Waals surface area contributed by atoms with Crippen LogP contribution in [0.4, 0.5) is 4.79 Å². The minimum atomic E-state index is -0.407. The van der Waals surface area contributed by atoms with Crippen molar-refractivity contribution in [2.24, 2.45) is 0 Å². The Balaban J connectivity index is 1.95. The molecule has 0 saturated carbocycles. The number of likely N-dealkylation sites (tertiary alicyclic amines) is 1. The molecule has 1 unspecified atom stereocenters. The molecule has 0 spiro atoms. The Morgan fingerprint density at radius 2 is 2.43 bits per heavy atom. The highest BCUT2D eigenvalue weighted by atomic mass is 32.1. The van der Waals surface area contributed by atoms with Crippen LogP contribution in [0.15, 0.2) is 16.8 Å². The lowest BCUT2D eigenvalue weighted by atomic mass is 10.2. The van der Waals surface area contributed by atoms with Crippen molar-refractivity contribution >= 4 is 23.3 Å². The number of carbonyl (C=O) groups is 2. The Bertz CT molecular complexity index is 478. The first kappa shape index (κ1) is 15.8. The molecular formula is C14H21N3O3S. The topological polar surface area (TPSA) is 61.9 Å². The molecule has 1 aromatic rings. The van der Waals surface area contributed by atoms with E-state index in [0.29, 0.717) is 32.7 Å². The molecule has 1 N–H and O–H groups in total. The van der Waals surface area contributed by atoms with Gasteiger partial charge in [0.15, 0.2) is 0 Å². The molecular weight excluding hydrogens is 290 g/mol.